The summed E-state index contributed by atoms with van der Waals surface area (Å²) >= 11 is 8.51. The second kappa shape index (κ2) is 5.54. The lowest BCUT2D eigenvalue weighted by Gasteiger charge is -2.06. The number of fused-ring (bicyclic) bond motifs is 1. The lowest BCUT2D eigenvalue weighted by molar-refractivity contribution is 0.415. The second-order valence-electron chi connectivity index (χ2n) is 4.23. The van der Waals surface area contributed by atoms with Crippen molar-refractivity contribution in [2.75, 3.05) is 7.11 Å². The fourth-order valence-electron chi connectivity index (χ4n) is 1.93. The van der Waals surface area contributed by atoms with Crippen LogP contribution in [0.3, 0.4) is 0 Å². The first-order valence-corrected chi connectivity index (χ1v) is 7.40. The van der Waals surface area contributed by atoms with Crippen LogP contribution in [-0.2, 0) is 0 Å². The molecule has 0 amide bonds. The molecule has 0 spiro atoms. The van der Waals surface area contributed by atoms with E-state index in [1.54, 1.807) is 7.11 Å². The quantitative estimate of drug-likeness (QED) is 0.470. The highest BCUT2D eigenvalue weighted by Gasteiger charge is 2.08. The Hall–Kier alpha value is -1.40. The number of methoxy groups -OCH3 is 1. The van der Waals surface area contributed by atoms with Crippen LogP contribution < -0.4 is 4.74 Å². The standard InChI is InChI=1S/C15H10ClIN2O/c1-20-11-5-2-9(3-6-11)15-18-13-7-4-10(17)8-12(13)14(16)19-15/h2-8H,1H3. The molecule has 5 heteroatoms. The van der Waals surface area contributed by atoms with Crippen molar-refractivity contribution in [1.29, 1.82) is 0 Å². The summed E-state index contributed by atoms with van der Waals surface area (Å²) in [6.07, 6.45) is 0. The highest BCUT2D eigenvalue weighted by molar-refractivity contribution is 14.1. The lowest BCUT2D eigenvalue weighted by Crippen LogP contribution is -1.92. The molecular formula is C15H10ClIN2O. The molecule has 3 aromatic rings. The summed E-state index contributed by atoms with van der Waals surface area (Å²) in [5, 5.41) is 1.34. The minimum Gasteiger partial charge on any atom is -0.497 e. The number of aromatic nitrogens is 2. The fraction of sp³-hybridized carbons (Fsp3) is 0.0667. The number of ether oxygens (including phenoxy) is 1. The van der Waals surface area contributed by atoms with E-state index in [1.165, 1.54) is 0 Å². The van der Waals surface area contributed by atoms with E-state index in [0.29, 0.717) is 11.0 Å². The molecule has 0 bridgehead atoms. The van der Waals surface area contributed by atoms with Crippen molar-refractivity contribution in [3.05, 3.63) is 51.2 Å². The fourth-order valence-corrected chi connectivity index (χ4v) is 2.66. The first-order chi connectivity index (χ1) is 9.67. The zero-order valence-corrected chi connectivity index (χ0v) is 13.5. The Morgan fingerprint density at radius 2 is 1.80 bits per heavy atom. The van der Waals surface area contributed by atoms with Crippen LogP contribution in [0.25, 0.3) is 22.3 Å². The Labute approximate surface area is 135 Å². The van der Waals surface area contributed by atoms with Crippen molar-refractivity contribution in [1.82, 2.24) is 9.97 Å². The van der Waals surface area contributed by atoms with E-state index in [9.17, 15) is 0 Å². The van der Waals surface area contributed by atoms with E-state index in [0.717, 1.165) is 25.8 Å². The molecule has 1 aromatic heterocycles. The Morgan fingerprint density at radius 1 is 1.05 bits per heavy atom. The minimum absolute atomic E-state index is 0.472. The van der Waals surface area contributed by atoms with Crippen molar-refractivity contribution in [3.63, 3.8) is 0 Å². The molecule has 0 N–H and O–H groups in total. The average Bonchev–Trinajstić information content (AvgIpc) is 2.48. The van der Waals surface area contributed by atoms with Crippen molar-refractivity contribution < 1.29 is 4.74 Å². The van der Waals surface area contributed by atoms with Crippen molar-refractivity contribution in [2.24, 2.45) is 0 Å². The predicted octanol–water partition coefficient (Wildman–Crippen LogP) is 4.56. The molecular weight excluding hydrogens is 387 g/mol. The van der Waals surface area contributed by atoms with Crippen molar-refractivity contribution >= 4 is 45.1 Å². The van der Waals surface area contributed by atoms with E-state index in [1.807, 2.05) is 42.5 Å². The Morgan fingerprint density at radius 3 is 2.50 bits per heavy atom. The SMILES string of the molecule is COc1ccc(-c2nc(Cl)c3cc(I)ccc3n2)cc1. The zero-order valence-electron chi connectivity index (χ0n) is 10.6. The first kappa shape index (κ1) is 13.6. The van der Waals surface area contributed by atoms with E-state index in [4.69, 9.17) is 16.3 Å². The maximum atomic E-state index is 6.26. The third-order valence-corrected chi connectivity index (χ3v) is 3.92. The smallest absolute Gasteiger partial charge is 0.161 e. The van der Waals surface area contributed by atoms with Gasteiger partial charge in [0.1, 0.15) is 10.9 Å². The number of hydrogen-bond acceptors (Lipinski definition) is 3. The Kier molecular flexibility index (Phi) is 3.76. The monoisotopic (exact) mass is 396 g/mol. The second-order valence-corrected chi connectivity index (χ2v) is 5.83. The normalized spacial score (nSPS) is 10.8. The van der Waals surface area contributed by atoms with Gasteiger partial charge in [-0.1, -0.05) is 11.6 Å². The molecule has 3 rings (SSSR count). The summed E-state index contributed by atoms with van der Waals surface area (Å²) < 4.78 is 6.25. The van der Waals surface area contributed by atoms with Gasteiger partial charge in [-0.2, -0.15) is 0 Å². The molecule has 2 aromatic carbocycles. The van der Waals surface area contributed by atoms with Crippen LogP contribution in [0.2, 0.25) is 5.15 Å². The molecule has 0 radical (unpaired) electrons. The van der Waals surface area contributed by atoms with Gasteiger partial charge in [-0.3, -0.25) is 0 Å². The van der Waals surface area contributed by atoms with Crippen LogP contribution in [-0.4, -0.2) is 17.1 Å². The van der Waals surface area contributed by atoms with Gasteiger partial charge in [-0.15, -0.1) is 0 Å². The summed E-state index contributed by atoms with van der Waals surface area (Å²) in [5.74, 6) is 1.42. The molecule has 0 saturated heterocycles. The summed E-state index contributed by atoms with van der Waals surface area (Å²) in [5.41, 5.74) is 1.75. The summed E-state index contributed by atoms with van der Waals surface area (Å²) in [6.45, 7) is 0. The van der Waals surface area contributed by atoms with Crippen molar-refractivity contribution in [3.8, 4) is 17.1 Å². The first-order valence-electron chi connectivity index (χ1n) is 5.94. The predicted molar refractivity (Wildman–Crippen MR) is 89.3 cm³/mol. The van der Waals surface area contributed by atoms with Gasteiger partial charge in [0.05, 0.1) is 12.6 Å². The Balaban J connectivity index is 2.14. The maximum absolute atomic E-state index is 6.26. The third kappa shape index (κ3) is 2.58. The molecule has 100 valence electrons. The number of hydrogen-bond donors (Lipinski definition) is 0. The highest BCUT2D eigenvalue weighted by atomic mass is 127. The average molecular weight is 397 g/mol. The maximum Gasteiger partial charge on any atom is 0.161 e. The van der Waals surface area contributed by atoms with E-state index in [-0.39, 0.29) is 0 Å². The summed E-state index contributed by atoms with van der Waals surface area (Å²) in [7, 11) is 1.64. The molecule has 0 aliphatic carbocycles. The van der Waals surface area contributed by atoms with Crippen LogP contribution in [0, 0.1) is 3.57 Å². The molecule has 1 heterocycles. The van der Waals surface area contributed by atoms with E-state index < -0.39 is 0 Å². The third-order valence-electron chi connectivity index (χ3n) is 2.96. The van der Waals surface area contributed by atoms with E-state index in [2.05, 4.69) is 32.6 Å². The van der Waals surface area contributed by atoms with Gasteiger partial charge in [-0.05, 0) is 65.1 Å². The number of rotatable bonds is 2. The zero-order chi connectivity index (χ0) is 14.1. The van der Waals surface area contributed by atoms with Crippen LogP contribution in [0.15, 0.2) is 42.5 Å². The molecule has 3 nitrogen and oxygen atoms in total. The van der Waals surface area contributed by atoms with Crippen molar-refractivity contribution in [2.45, 2.75) is 0 Å². The molecule has 0 unspecified atom stereocenters. The molecule has 20 heavy (non-hydrogen) atoms. The van der Waals surface area contributed by atoms with Gasteiger partial charge in [0.2, 0.25) is 0 Å². The van der Waals surface area contributed by atoms with Gasteiger partial charge in [-0.25, -0.2) is 9.97 Å². The molecule has 0 atom stereocenters. The number of nitrogens with zero attached hydrogens (tertiary/aromatic N) is 2. The van der Waals surface area contributed by atoms with Crippen LogP contribution in [0.1, 0.15) is 0 Å². The van der Waals surface area contributed by atoms with Gasteiger partial charge in [0.25, 0.3) is 0 Å². The van der Waals surface area contributed by atoms with Gasteiger partial charge < -0.3 is 4.74 Å². The summed E-state index contributed by atoms with van der Waals surface area (Å²) in [6, 6.07) is 13.5. The van der Waals surface area contributed by atoms with Crippen LogP contribution in [0.4, 0.5) is 0 Å². The summed E-state index contributed by atoms with van der Waals surface area (Å²) in [4.78, 5) is 8.94. The number of halogens is 2. The topological polar surface area (TPSA) is 35.0 Å². The molecule has 0 saturated carbocycles. The van der Waals surface area contributed by atoms with Crippen LogP contribution in [0.5, 0.6) is 5.75 Å². The van der Waals surface area contributed by atoms with Gasteiger partial charge >= 0.3 is 0 Å². The highest BCUT2D eigenvalue weighted by Crippen LogP contribution is 2.27. The minimum atomic E-state index is 0.472. The van der Waals surface area contributed by atoms with Gasteiger partial charge in [0, 0.05) is 14.5 Å². The van der Waals surface area contributed by atoms with Crippen LogP contribution >= 0.6 is 34.2 Å². The molecule has 0 aliphatic rings. The largest absolute Gasteiger partial charge is 0.497 e. The lowest BCUT2D eigenvalue weighted by atomic mass is 10.2. The Bertz CT molecular complexity index is 775. The molecule has 0 aliphatic heterocycles. The van der Waals surface area contributed by atoms with Gasteiger partial charge in [0.15, 0.2) is 5.82 Å². The molecule has 0 fully saturated rings. The number of benzene rings is 2. The van der Waals surface area contributed by atoms with E-state index >= 15 is 0 Å².